The number of carbonyl (C=O) groups is 2. The molecule has 4 aromatic rings. The van der Waals surface area contributed by atoms with Gasteiger partial charge in [0.25, 0.3) is 5.91 Å². The van der Waals surface area contributed by atoms with Gasteiger partial charge in [-0.25, -0.2) is 14.6 Å². The van der Waals surface area contributed by atoms with Gasteiger partial charge in [-0.05, 0) is 30.3 Å². The number of ketones is 1. The summed E-state index contributed by atoms with van der Waals surface area (Å²) in [4.78, 5) is 32.5. The lowest BCUT2D eigenvalue weighted by molar-refractivity contribution is -0.118. The molecular formula is C21H15N5O4. The predicted molar refractivity (Wildman–Crippen MR) is 107 cm³/mol. The second-order valence-corrected chi connectivity index (χ2v) is 6.57. The van der Waals surface area contributed by atoms with Crippen molar-refractivity contribution in [3.8, 4) is 17.3 Å². The van der Waals surface area contributed by atoms with Gasteiger partial charge in [0, 0.05) is 5.56 Å². The Kier molecular flexibility index (Phi) is 4.32. The van der Waals surface area contributed by atoms with Crippen LogP contribution in [0.2, 0.25) is 0 Å². The Bertz CT molecular complexity index is 1270. The number of benzene rings is 2. The van der Waals surface area contributed by atoms with E-state index in [9.17, 15) is 9.59 Å². The summed E-state index contributed by atoms with van der Waals surface area (Å²) in [6.45, 7) is -0.264. The van der Waals surface area contributed by atoms with E-state index in [2.05, 4.69) is 20.4 Å². The summed E-state index contributed by atoms with van der Waals surface area (Å²) < 4.78 is 12.7. The number of nitrogens with zero attached hydrogens (tertiary/aromatic N) is 4. The summed E-state index contributed by atoms with van der Waals surface area (Å²) in [6.07, 6.45) is 2.98. The summed E-state index contributed by atoms with van der Waals surface area (Å²) in [7, 11) is 0. The molecule has 9 heteroatoms. The first kappa shape index (κ1) is 17.8. The molecule has 0 aliphatic carbocycles. The molecule has 9 nitrogen and oxygen atoms in total. The zero-order valence-corrected chi connectivity index (χ0v) is 15.6. The van der Waals surface area contributed by atoms with Crippen molar-refractivity contribution in [3.63, 3.8) is 0 Å². The number of fused-ring (bicyclic) bond motifs is 2. The molecule has 0 atom stereocenters. The molecule has 0 radical (unpaired) electrons. The predicted octanol–water partition coefficient (Wildman–Crippen LogP) is 2.41. The van der Waals surface area contributed by atoms with E-state index >= 15 is 0 Å². The molecule has 1 aliphatic heterocycles. The van der Waals surface area contributed by atoms with Crippen LogP contribution in [0.3, 0.4) is 0 Å². The number of hydrogen-bond donors (Lipinski definition) is 1. The molecule has 1 amide bonds. The van der Waals surface area contributed by atoms with Crippen molar-refractivity contribution in [2.24, 2.45) is 0 Å². The zero-order chi connectivity index (χ0) is 20.5. The average molecular weight is 401 g/mol. The molecule has 30 heavy (non-hydrogen) atoms. The number of ether oxygens (including phenoxy) is 2. The average Bonchev–Trinajstić information content (AvgIpc) is 3.22. The highest BCUT2D eigenvalue weighted by atomic mass is 16.5. The van der Waals surface area contributed by atoms with Gasteiger partial charge in [0.15, 0.2) is 24.6 Å². The van der Waals surface area contributed by atoms with E-state index in [1.807, 2.05) is 30.3 Å². The number of Topliss-reactive ketones (excluding diaryl/α,β-unsaturated/α-hetero) is 1. The van der Waals surface area contributed by atoms with Crippen LogP contribution < -0.4 is 14.8 Å². The van der Waals surface area contributed by atoms with Crippen LogP contribution in [-0.2, 0) is 4.79 Å². The van der Waals surface area contributed by atoms with Crippen molar-refractivity contribution in [1.82, 2.24) is 19.7 Å². The van der Waals surface area contributed by atoms with Crippen LogP contribution in [0, 0.1) is 0 Å². The van der Waals surface area contributed by atoms with Gasteiger partial charge in [0.05, 0.1) is 17.6 Å². The molecular weight excluding hydrogens is 386 g/mol. The molecule has 148 valence electrons. The normalized spacial score (nSPS) is 12.7. The maximum Gasteiger partial charge on any atom is 0.262 e. The summed E-state index contributed by atoms with van der Waals surface area (Å²) >= 11 is 0. The van der Waals surface area contributed by atoms with E-state index in [1.165, 1.54) is 6.33 Å². The molecule has 2 aromatic carbocycles. The number of carbonyl (C=O) groups excluding carboxylic acids is 2. The zero-order valence-electron chi connectivity index (χ0n) is 15.6. The number of para-hydroxylation sites is 1. The fraction of sp³-hybridized carbons (Fsp3) is 0.0952. The Morgan fingerprint density at radius 3 is 2.90 bits per heavy atom. The number of amides is 1. The van der Waals surface area contributed by atoms with Crippen molar-refractivity contribution in [3.05, 3.63) is 66.6 Å². The SMILES string of the molecule is O=C1COc2ccc(C(=O)COc3ncnc4c3cnn4-c3ccccc3)cc2N1. The second kappa shape index (κ2) is 7.28. The van der Waals surface area contributed by atoms with Crippen LogP contribution in [-0.4, -0.2) is 44.7 Å². The smallest absolute Gasteiger partial charge is 0.262 e. The van der Waals surface area contributed by atoms with E-state index in [4.69, 9.17) is 9.47 Å². The number of hydrogen-bond acceptors (Lipinski definition) is 7. The van der Waals surface area contributed by atoms with Gasteiger partial charge >= 0.3 is 0 Å². The van der Waals surface area contributed by atoms with Crippen LogP contribution in [0.4, 0.5) is 5.69 Å². The van der Waals surface area contributed by atoms with Crippen molar-refractivity contribution < 1.29 is 19.1 Å². The van der Waals surface area contributed by atoms with Gasteiger partial charge in [0.2, 0.25) is 5.88 Å². The highest BCUT2D eigenvalue weighted by Gasteiger charge is 2.19. The quantitative estimate of drug-likeness (QED) is 0.512. The minimum absolute atomic E-state index is 0.0379. The lowest BCUT2D eigenvalue weighted by atomic mass is 10.1. The number of aromatic nitrogens is 4. The second-order valence-electron chi connectivity index (χ2n) is 6.57. The summed E-state index contributed by atoms with van der Waals surface area (Å²) in [5.74, 6) is 0.269. The highest BCUT2D eigenvalue weighted by molar-refractivity contribution is 6.01. The third-order valence-corrected chi connectivity index (χ3v) is 4.60. The summed E-state index contributed by atoms with van der Waals surface area (Å²) in [5.41, 5.74) is 2.29. The van der Waals surface area contributed by atoms with Gasteiger partial charge in [0.1, 0.15) is 17.5 Å². The molecule has 1 N–H and O–H groups in total. The van der Waals surface area contributed by atoms with Crippen LogP contribution >= 0.6 is 0 Å². The first-order valence-corrected chi connectivity index (χ1v) is 9.16. The monoisotopic (exact) mass is 401 g/mol. The first-order valence-electron chi connectivity index (χ1n) is 9.16. The topological polar surface area (TPSA) is 108 Å². The van der Waals surface area contributed by atoms with E-state index in [1.54, 1.807) is 29.1 Å². The van der Waals surface area contributed by atoms with Gasteiger partial charge < -0.3 is 14.8 Å². The minimum atomic E-state index is -0.264. The van der Waals surface area contributed by atoms with Gasteiger partial charge in [-0.3, -0.25) is 9.59 Å². The number of rotatable bonds is 5. The molecule has 0 fully saturated rings. The molecule has 1 aliphatic rings. The Morgan fingerprint density at radius 2 is 2.03 bits per heavy atom. The van der Waals surface area contributed by atoms with Gasteiger partial charge in [-0.15, -0.1) is 0 Å². The van der Waals surface area contributed by atoms with Crippen LogP contribution in [0.5, 0.6) is 11.6 Å². The van der Waals surface area contributed by atoms with E-state index in [0.29, 0.717) is 28.0 Å². The summed E-state index contributed by atoms with van der Waals surface area (Å²) in [5, 5.41) is 7.64. The summed E-state index contributed by atoms with van der Waals surface area (Å²) in [6, 6.07) is 14.4. The third-order valence-electron chi connectivity index (χ3n) is 4.60. The Labute approximate surface area is 170 Å². The molecule has 0 spiro atoms. The van der Waals surface area contributed by atoms with Crippen LogP contribution in [0.1, 0.15) is 10.4 Å². The van der Waals surface area contributed by atoms with Crippen molar-refractivity contribution >= 4 is 28.4 Å². The Balaban J connectivity index is 1.37. The molecule has 2 aromatic heterocycles. The third kappa shape index (κ3) is 3.22. The lowest BCUT2D eigenvalue weighted by Crippen LogP contribution is -2.25. The van der Waals surface area contributed by atoms with Crippen molar-refractivity contribution in [2.45, 2.75) is 0 Å². The largest absolute Gasteiger partial charge is 0.482 e. The Morgan fingerprint density at radius 1 is 1.17 bits per heavy atom. The fourth-order valence-electron chi connectivity index (χ4n) is 3.17. The van der Waals surface area contributed by atoms with Crippen molar-refractivity contribution in [1.29, 1.82) is 0 Å². The highest BCUT2D eigenvalue weighted by Crippen LogP contribution is 2.29. The van der Waals surface area contributed by atoms with Crippen LogP contribution in [0.15, 0.2) is 61.1 Å². The number of nitrogens with one attached hydrogen (secondary N) is 1. The van der Waals surface area contributed by atoms with Gasteiger partial charge in [-0.1, -0.05) is 18.2 Å². The maximum atomic E-state index is 12.6. The molecule has 0 saturated heterocycles. The maximum absolute atomic E-state index is 12.6. The van der Waals surface area contributed by atoms with Crippen LogP contribution in [0.25, 0.3) is 16.7 Å². The fourth-order valence-corrected chi connectivity index (χ4v) is 3.17. The first-order chi connectivity index (χ1) is 14.7. The standard InChI is InChI=1S/C21H15N5O4/c27-17(13-6-7-18-16(8-13)25-19(28)11-29-18)10-30-21-15-9-24-26(20(15)22-12-23-21)14-4-2-1-3-5-14/h1-9,12H,10-11H2,(H,25,28). The minimum Gasteiger partial charge on any atom is -0.482 e. The lowest BCUT2D eigenvalue weighted by Gasteiger charge is -2.18. The molecule has 0 saturated carbocycles. The van der Waals surface area contributed by atoms with Gasteiger partial charge in [-0.2, -0.15) is 5.10 Å². The number of anilines is 1. The molecule has 0 unspecified atom stereocenters. The van der Waals surface area contributed by atoms with E-state index in [-0.39, 0.29) is 30.8 Å². The van der Waals surface area contributed by atoms with E-state index in [0.717, 1.165) is 5.69 Å². The molecule has 0 bridgehead atoms. The Hall–Kier alpha value is -4.27. The van der Waals surface area contributed by atoms with E-state index < -0.39 is 0 Å². The molecule has 5 rings (SSSR count). The van der Waals surface area contributed by atoms with Crippen molar-refractivity contribution in [2.75, 3.05) is 18.5 Å². The molecule has 3 heterocycles.